The zero-order chi connectivity index (χ0) is 12.6. The van der Waals surface area contributed by atoms with Crippen molar-refractivity contribution in [3.05, 3.63) is 54.5 Å². The summed E-state index contributed by atoms with van der Waals surface area (Å²) in [5.41, 5.74) is 2.76. The molecule has 1 aromatic heterocycles. The Balaban J connectivity index is 2.41. The molecule has 1 N–H and O–H groups in total. The van der Waals surface area contributed by atoms with E-state index in [9.17, 15) is 9.50 Å². The molecule has 4 heteroatoms. The molecule has 1 heterocycles. The minimum absolute atomic E-state index is 0.194. The van der Waals surface area contributed by atoms with Crippen LogP contribution in [0.4, 0.5) is 4.39 Å². The van der Waals surface area contributed by atoms with Gasteiger partial charge in [0.15, 0.2) is 0 Å². The van der Waals surface area contributed by atoms with E-state index in [-0.39, 0.29) is 5.82 Å². The Bertz CT molecular complexity index is 527. The SMILES string of the molecule is Cc1cc(C(O)c2csc(I)c2)cc(C)c1F. The average molecular weight is 362 g/mol. The molecule has 17 heavy (non-hydrogen) atoms. The highest BCUT2D eigenvalue weighted by atomic mass is 127. The van der Waals surface area contributed by atoms with Crippen LogP contribution in [0.5, 0.6) is 0 Å². The summed E-state index contributed by atoms with van der Waals surface area (Å²) >= 11 is 3.81. The van der Waals surface area contributed by atoms with E-state index >= 15 is 0 Å². The van der Waals surface area contributed by atoms with Crippen molar-refractivity contribution < 1.29 is 9.50 Å². The summed E-state index contributed by atoms with van der Waals surface area (Å²) in [7, 11) is 0. The van der Waals surface area contributed by atoms with Gasteiger partial charge in [-0.2, -0.15) is 0 Å². The largest absolute Gasteiger partial charge is 0.384 e. The molecule has 0 aliphatic rings. The van der Waals surface area contributed by atoms with Crippen molar-refractivity contribution in [2.45, 2.75) is 20.0 Å². The molecular formula is C13H12FIOS. The van der Waals surface area contributed by atoms with Crippen LogP contribution in [0, 0.1) is 22.5 Å². The van der Waals surface area contributed by atoms with Crippen LogP contribution >= 0.6 is 33.9 Å². The molecule has 2 rings (SSSR count). The monoisotopic (exact) mass is 362 g/mol. The molecular weight excluding hydrogens is 350 g/mol. The van der Waals surface area contributed by atoms with Gasteiger partial charge in [-0.05, 0) is 70.1 Å². The molecule has 0 fully saturated rings. The third-order valence-electron chi connectivity index (χ3n) is 2.68. The van der Waals surface area contributed by atoms with Gasteiger partial charge in [0.2, 0.25) is 0 Å². The van der Waals surface area contributed by atoms with E-state index in [1.54, 1.807) is 37.3 Å². The summed E-state index contributed by atoms with van der Waals surface area (Å²) in [5.74, 6) is -0.194. The van der Waals surface area contributed by atoms with Crippen molar-refractivity contribution in [3.63, 3.8) is 0 Å². The van der Waals surface area contributed by atoms with Crippen molar-refractivity contribution in [1.29, 1.82) is 0 Å². The highest BCUT2D eigenvalue weighted by Crippen LogP contribution is 2.29. The van der Waals surface area contributed by atoms with Gasteiger partial charge in [0.1, 0.15) is 11.9 Å². The van der Waals surface area contributed by atoms with Crippen LogP contribution in [-0.2, 0) is 0 Å². The number of halogens is 2. The minimum Gasteiger partial charge on any atom is -0.384 e. The second-order valence-corrected chi connectivity index (χ2v) is 6.86. The second-order valence-electron chi connectivity index (χ2n) is 4.06. The Morgan fingerprint density at radius 3 is 2.24 bits per heavy atom. The molecule has 0 aliphatic carbocycles. The number of rotatable bonds is 2. The van der Waals surface area contributed by atoms with E-state index in [0.717, 1.165) is 14.0 Å². The van der Waals surface area contributed by atoms with Crippen LogP contribution in [0.15, 0.2) is 23.6 Å². The highest BCUT2D eigenvalue weighted by Gasteiger charge is 2.14. The maximum Gasteiger partial charge on any atom is 0.129 e. The lowest BCUT2D eigenvalue weighted by Gasteiger charge is -2.12. The number of thiophene rings is 1. The maximum absolute atomic E-state index is 13.5. The first-order valence-electron chi connectivity index (χ1n) is 5.17. The van der Waals surface area contributed by atoms with E-state index in [1.165, 1.54) is 0 Å². The summed E-state index contributed by atoms with van der Waals surface area (Å²) in [6.45, 7) is 3.44. The fraction of sp³-hybridized carbons (Fsp3) is 0.231. The summed E-state index contributed by atoms with van der Waals surface area (Å²) in [5, 5.41) is 12.2. The number of hydrogen-bond acceptors (Lipinski definition) is 2. The standard InChI is InChI=1S/C13H12FIOS/c1-7-3-9(4-8(2)12(7)14)13(16)10-5-11(15)17-6-10/h3-6,13,16H,1-2H3. The number of aliphatic hydroxyl groups is 1. The number of aryl methyl sites for hydroxylation is 2. The topological polar surface area (TPSA) is 20.2 Å². The summed E-state index contributed by atoms with van der Waals surface area (Å²) in [6, 6.07) is 5.36. The van der Waals surface area contributed by atoms with E-state index in [2.05, 4.69) is 22.6 Å². The lowest BCUT2D eigenvalue weighted by Crippen LogP contribution is -2.01. The van der Waals surface area contributed by atoms with Crippen molar-refractivity contribution in [1.82, 2.24) is 0 Å². The van der Waals surface area contributed by atoms with Crippen molar-refractivity contribution >= 4 is 33.9 Å². The van der Waals surface area contributed by atoms with Crippen LogP contribution in [0.25, 0.3) is 0 Å². The third kappa shape index (κ3) is 2.69. The van der Waals surface area contributed by atoms with E-state index in [4.69, 9.17) is 0 Å². The molecule has 2 aromatic rings. The van der Waals surface area contributed by atoms with Gasteiger partial charge in [-0.25, -0.2) is 4.39 Å². The molecule has 0 bridgehead atoms. The van der Waals surface area contributed by atoms with Crippen LogP contribution in [0.2, 0.25) is 0 Å². The molecule has 0 aliphatic heterocycles. The summed E-state index contributed by atoms with van der Waals surface area (Å²) in [6.07, 6.45) is -0.673. The predicted molar refractivity (Wildman–Crippen MR) is 77.0 cm³/mol. The first kappa shape index (κ1) is 13.0. The molecule has 0 saturated carbocycles. The normalized spacial score (nSPS) is 12.8. The van der Waals surface area contributed by atoms with Crippen molar-refractivity contribution in [3.8, 4) is 0 Å². The zero-order valence-corrected chi connectivity index (χ0v) is 12.5. The van der Waals surface area contributed by atoms with Gasteiger partial charge < -0.3 is 5.11 Å². The van der Waals surface area contributed by atoms with Gasteiger partial charge >= 0.3 is 0 Å². The third-order valence-corrected chi connectivity index (χ3v) is 4.49. The Morgan fingerprint density at radius 1 is 1.18 bits per heavy atom. The van der Waals surface area contributed by atoms with Crippen LogP contribution in [0.1, 0.15) is 28.4 Å². The lowest BCUT2D eigenvalue weighted by molar-refractivity contribution is 0.220. The molecule has 90 valence electrons. The minimum atomic E-state index is -0.673. The van der Waals surface area contributed by atoms with Crippen molar-refractivity contribution in [2.24, 2.45) is 0 Å². The molecule has 0 spiro atoms. The fourth-order valence-corrected chi connectivity index (χ4v) is 3.19. The summed E-state index contributed by atoms with van der Waals surface area (Å²) < 4.78 is 14.6. The fourth-order valence-electron chi connectivity index (χ4n) is 1.80. The molecule has 0 saturated heterocycles. The van der Waals surface area contributed by atoms with Gasteiger partial charge in [-0.1, -0.05) is 12.1 Å². The van der Waals surface area contributed by atoms with E-state index < -0.39 is 6.10 Å². The van der Waals surface area contributed by atoms with Gasteiger partial charge in [0.25, 0.3) is 0 Å². The van der Waals surface area contributed by atoms with Gasteiger partial charge in [-0.15, -0.1) is 11.3 Å². The van der Waals surface area contributed by atoms with Gasteiger partial charge in [0, 0.05) is 0 Å². The smallest absolute Gasteiger partial charge is 0.129 e. The highest BCUT2D eigenvalue weighted by molar-refractivity contribution is 14.1. The predicted octanol–water partition coefficient (Wildman–Crippen LogP) is 4.19. The summed E-state index contributed by atoms with van der Waals surface area (Å²) in [4.78, 5) is 0. The number of benzene rings is 1. The molecule has 1 atom stereocenters. The Hall–Kier alpha value is -0.460. The Morgan fingerprint density at radius 2 is 1.76 bits per heavy atom. The first-order valence-corrected chi connectivity index (χ1v) is 7.13. The molecule has 1 nitrogen and oxygen atoms in total. The van der Waals surface area contributed by atoms with Crippen LogP contribution < -0.4 is 0 Å². The van der Waals surface area contributed by atoms with Crippen LogP contribution in [0.3, 0.4) is 0 Å². The molecule has 1 unspecified atom stereocenters. The number of hydrogen-bond donors (Lipinski definition) is 1. The Labute approximate surface area is 117 Å². The van der Waals surface area contributed by atoms with E-state index in [0.29, 0.717) is 11.1 Å². The van der Waals surface area contributed by atoms with E-state index in [1.807, 2.05) is 11.4 Å². The lowest BCUT2D eigenvalue weighted by atomic mass is 9.99. The first-order chi connectivity index (χ1) is 7.99. The maximum atomic E-state index is 13.5. The Kier molecular flexibility index (Phi) is 3.85. The molecule has 0 radical (unpaired) electrons. The number of aliphatic hydroxyl groups excluding tert-OH is 1. The quantitative estimate of drug-likeness (QED) is 0.795. The molecule has 1 aromatic carbocycles. The molecule has 0 amide bonds. The zero-order valence-electron chi connectivity index (χ0n) is 9.50. The van der Waals surface area contributed by atoms with Gasteiger partial charge in [-0.3, -0.25) is 0 Å². The van der Waals surface area contributed by atoms with Crippen molar-refractivity contribution in [2.75, 3.05) is 0 Å². The second kappa shape index (κ2) is 5.04. The average Bonchev–Trinajstić information content (AvgIpc) is 2.71. The van der Waals surface area contributed by atoms with Crippen LogP contribution in [-0.4, -0.2) is 5.11 Å². The van der Waals surface area contributed by atoms with Gasteiger partial charge in [0.05, 0.1) is 2.88 Å².